The molecule has 0 aromatic carbocycles. The third-order valence-electron chi connectivity index (χ3n) is 2.63. The summed E-state index contributed by atoms with van der Waals surface area (Å²) < 4.78 is 15.2. The van der Waals surface area contributed by atoms with Crippen molar-refractivity contribution >= 4 is 12.1 Å². The van der Waals surface area contributed by atoms with Crippen LogP contribution in [0.2, 0.25) is 0 Å². The molecule has 3 N–H and O–H groups in total. The van der Waals surface area contributed by atoms with E-state index in [2.05, 4.69) is 11.9 Å². The topological polar surface area (TPSA) is 99.9 Å². The monoisotopic (exact) mass is 272 g/mol. The number of hydrogen-bond donors (Lipinski definition) is 2. The molecule has 1 amide bonds. The van der Waals surface area contributed by atoms with Crippen LogP contribution >= 0.6 is 0 Å². The molecule has 1 fully saturated rings. The van der Waals surface area contributed by atoms with Crippen molar-refractivity contribution in [3.63, 3.8) is 0 Å². The molecule has 7 nitrogen and oxygen atoms in total. The lowest BCUT2D eigenvalue weighted by atomic mass is 10.0. The average Bonchev–Trinajstić information content (AvgIpc) is 2.36. The predicted molar refractivity (Wildman–Crippen MR) is 67.4 cm³/mol. The molecule has 0 aromatic rings. The molecule has 3 atom stereocenters. The van der Waals surface area contributed by atoms with Crippen molar-refractivity contribution in [1.29, 1.82) is 0 Å². The van der Waals surface area contributed by atoms with Crippen LogP contribution < -0.4 is 11.1 Å². The third-order valence-corrected chi connectivity index (χ3v) is 2.63. The highest BCUT2D eigenvalue weighted by Gasteiger charge is 2.31. The van der Waals surface area contributed by atoms with E-state index in [0.29, 0.717) is 13.0 Å². The third kappa shape index (κ3) is 5.71. The SMILES string of the molecule is C=CCOC(=O)NCC1C[C@H](N)C(OC(C)=O)CO1. The summed E-state index contributed by atoms with van der Waals surface area (Å²) in [7, 11) is 0. The quantitative estimate of drug-likeness (QED) is 0.537. The highest BCUT2D eigenvalue weighted by molar-refractivity contribution is 5.67. The lowest BCUT2D eigenvalue weighted by Gasteiger charge is -2.33. The van der Waals surface area contributed by atoms with Gasteiger partial charge in [-0.1, -0.05) is 12.7 Å². The van der Waals surface area contributed by atoms with E-state index in [1.807, 2.05) is 0 Å². The number of hydrogen-bond acceptors (Lipinski definition) is 6. The number of carbonyl (C=O) groups is 2. The van der Waals surface area contributed by atoms with E-state index in [9.17, 15) is 9.59 Å². The summed E-state index contributed by atoms with van der Waals surface area (Å²) in [6, 6.07) is -0.298. The molecule has 1 saturated heterocycles. The maximum Gasteiger partial charge on any atom is 0.407 e. The number of amides is 1. The van der Waals surface area contributed by atoms with Crippen molar-refractivity contribution in [2.24, 2.45) is 5.73 Å². The Bertz CT molecular complexity index is 334. The second-order valence-electron chi connectivity index (χ2n) is 4.27. The van der Waals surface area contributed by atoms with Crippen LogP contribution in [-0.2, 0) is 19.0 Å². The second-order valence-corrected chi connectivity index (χ2v) is 4.27. The van der Waals surface area contributed by atoms with E-state index >= 15 is 0 Å². The van der Waals surface area contributed by atoms with Crippen molar-refractivity contribution in [3.8, 4) is 0 Å². The van der Waals surface area contributed by atoms with E-state index < -0.39 is 12.2 Å². The van der Waals surface area contributed by atoms with Gasteiger partial charge in [-0.15, -0.1) is 0 Å². The van der Waals surface area contributed by atoms with E-state index in [1.165, 1.54) is 13.0 Å². The summed E-state index contributed by atoms with van der Waals surface area (Å²) >= 11 is 0. The molecule has 0 spiro atoms. The normalized spacial score (nSPS) is 26.3. The fourth-order valence-electron chi connectivity index (χ4n) is 1.74. The van der Waals surface area contributed by atoms with E-state index in [4.69, 9.17) is 19.9 Å². The number of ether oxygens (including phenoxy) is 3. The summed E-state index contributed by atoms with van der Waals surface area (Å²) in [5, 5.41) is 2.57. The summed E-state index contributed by atoms with van der Waals surface area (Å²) in [5.41, 5.74) is 5.89. The largest absolute Gasteiger partial charge is 0.458 e. The summed E-state index contributed by atoms with van der Waals surface area (Å²) in [4.78, 5) is 22.0. The van der Waals surface area contributed by atoms with Crippen LogP contribution in [0.25, 0.3) is 0 Å². The standard InChI is InChI=1S/C12H20N2O5/c1-3-4-17-12(16)14-6-9-5-10(13)11(7-18-9)19-8(2)15/h3,9-11H,1,4-7,13H2,2H3,(H,14,16)/t9?,10-,11?/m0/s1. The minimum absolute atomic E-state index is 0.158. The van der Waals surface area contributed by atoms with Crippen LogP contribution in [0.15, 0.2) is 12.7 Å². The van der Waals surface area contributed by atoms with Crippen LogP contribution in [-0.4, -0.2) is 50.1 Å². The number of nitrogens with two attached hydrogens (primary N) is 1. The maximum atomic E-state index is 11.2. The van der Waals surface area contributed by atoms with Gasteiger partial charge in [0, 0.05) is 19.5 Å². The van der Waals surface area contributed by atoms with Gasteiger partial charge in [0.1, 0.15) is 12.7 Å². The van der Waals surface area contributed by atoms with Gasteiger partial charge in [-0.05, 0) is 6.42 Å². The van der Waals surface area contributed by atoms with Gasteiger partial charge >= 0.3 is 12.1 Å². The number of carbonyl (C=O) groups excluding carboxylic acids is 2. The van der Waals surface area contributed by atoms with Gasteiger partial charge in [-0.3, -0.25) is 4.79 Å². The molecule has 2 unspecified atom stereocenters. The van der Waals surface area contributed by atoms with E-state index in [-0.39, 0.29) is 31.3 Å². The molecular formula is C12H20N2O5. The molecule has 0 saturated carbocycles. The Morgan fingerprint density at radius 3 is 2.89 bits per heavy atom. The lowest BCUT2D eigenvalue weighted by Crippen LogP contribution is -2.51. The number of alkyl carbamates (subject to hydrolysis) is 1. The zero-order valence-electron chi connectivity index (χ0n) is 11.0. The number of esters is 1. The van der Waals surface area contributed by atoms with Gasteiger partial charge in [0.05, 0.1) is 12.7 Å². The van der Waals surface area contributed by atoms with Gasteiger partial charge in [0.2, 0.25) is 0 Å². The molecular weight excluding hydrogens is 252 g/mol. The Kier molecular flexibility index (Phi) is 6.31. The van der Waals surface area contributed by atoms with Crippen molar-refractivity contribution < 1.29 is 23.8 Å². The van der Waals surface area contributed by atoms with Gasteiger partial charge in [-0.2, -0.15) is 0 Å². The Morgan fingerprint density at radius 1 is 1.58 bits per heavy atom. The highest BCUT2D eigenvalue weighted by atomic mass is 16.6. The molecule has 7 heteroatoms. The first-order chi connectivity index (χ1) is 9.02. The van der Waals surface area contributed by atoms with Gasteiger partial charge in [-0.25, -0.2) is 4.79 Å². The number of rotatable bonds is 5. The molecule has 19 heavy (non-hydrogen) atoms. The second kappa shape index (κ2) is 7.75. The Balaban J connectivity index is 2.26. The molecule has 1 heterocycles. The summed E-state index contributed by atoms with van der Waals surface area (Å²) in [6.45, 7) is 5.46. The van der Waals surface area contributed by atoms with Crippen LogP contribution in [0.4, 0.5) is 4.79 Å². The van der Waals surface area contributed by atoms with Crippen LogP contribution in [0.1, 0.15) is 13.3 Å². The molecule has 1 rings (SSSR count). The van der Waals surface area contributed by atoms with Crippen LogP contribution in [0.5, 0.6) is 0 Å². The molecule has 0 aliphatic carbocycles. The minimum atomic E-state index is -0.529. The van der Waals surface area contributed by atoms with Crippen molar-refractivity contribution in [3.05, 3.63) is 12.7 Å². The fourth-order valence-corrected chi connectivity index (χ4v) is 1.74. The Hall–Kier alpha value is -1.60. The number of nitrogens with one attached hydrogen (secondary N) is 1. The lowest BCUT2D eigenvalue weighted by molar-refractivity contribution is -0.157. The van der Waals surface area contributed by atoms with Crippen molar-refractivity contribution in [1.82, 2.24) is 5.32 Å². The molecule has 0 aromatic heterocycles. The smallest absolute Gasteiger partial charge is 0.407 e. The van der Waals surface area contributed by atoms with Gasteiger partial charge in [0.25, 0.3) is 0 Å². The Morgan fingerprint density at radius 2 is 2.32 bits per heavy atom. The first-order valence-corrected chi connectivity index (χ1v) is 6.08. The molecule has 1 aliphatic heterocycles. The first-order valence-electron chi connectivity index (χ1n) is 6.08. The average molecular weight is 272 g/mol. The zero-order chi connectivity index (χ0) is 14.3. The van der Waals surface area contributed by atoms with Crippen molar-refractivity contribution in [2.75, 3.05) is 19.8 Å². The van der Waals surface area contributed by atoms with Crippen LogP contribution in [0, 0.1) is 0 Å². The molecule has 108 valence electrons. The minimum Gasteiger partial charge on any atom is -0.458 e. The predicted octanol–water partition coefficient (Wildman–Crippen LogP) is -0.0535. The summed E-state index contributed by atoms with van der Waals surface area (Å²) in [5.74, 6) is -0.381. The van der Waals surface area contributed by atoms with E-state index in [1.54, 1.807) is 0 Å². The summed E-state index contributed by atoms with van der Waals surface area (Å²) in [6.07, 6.45) is 0.814. The zero-order valence-corrected chi connectivity index (χ0v) is 11.0. The molecule has 1 aliphatic rings. The Labute approximate surface area is 112 Å². The van der Waals surface area contributed by atoms with Crippen molar-refractivity contribution in [2.45, 2.75) is 31.6 Å². The van der Waals surface area contributed by atoms with Crippen LogP contribution in [0.3, 0.4) is 0 Å². The maximum absolute atomic E-state index is 11.2. The van der Waals surface area contributed by atoms with E-state index in [0.717, 1.165) is 0 Å². The van der Waals surface area contributed by atoms with Gasteiger partial charge < -0.3 is 25.3 Å². The molecule has 0 bridgehead atoms. The molecule has 0 radical (unpaired) electrons. The fraction of sp³-hybridized carbons (Fsp3) is 0.667. The highest BCUT2D eigenvalue weighted by Crippen LogP contribution is 2.15. The van der Waals surface area contributed by atoms with Gasteiger partial charge in [0.15, 0.2) is 0 Å². The first kappa shape index (κ1) is 15.5.